The Morgan fingerprint density at radius 2 is 2.19 bits per heavy atom. The van der Waals surface area contributed by atoms with Crippen LogP contribution in [0.4, 0.5) is 9.18 Å². The minimum absolute atomic E-state index is 0.209. The van der Waals surface area contributed by atoms with Gasteiger partial charge in [0, 0.05) is 18.7 Å². The van der Waals surface area contributed by atoms with Gasteiger partial charge in [-0.1, -0.05) is 18.2 Å². The van der Waals surface area contributed by atoms with Gasteiger partial charge in [-0.05, 0) is 18.6 Å². The van der Waals surface area contributed by atoms with Crippen molar-refractivity contribution in [2.24, 2.45) is 5.73 Å². The normalized spacial score (nSPS) is 13.2. The Balaban J connectivity index is 1.91. The number of primary amides is 1. The van der Waals surface area contributed by atoms with E-state index in [9.17, 15) is 14.0 Å². The van der Waals surface area contributed by atoms with Gasteiger partial charge in [-0.3, -0.25) is 9.48 Å². The molecule has 1 aliphatic rings. The van der Waals surface area contributed by atoms with Crippen molar-refractivity contribution in [3.05, 3.63) is 54.0 Å². The summed E-state index contributed by atoms with van der Waals surface area (Å²) in [6.45, 7) is 5.20. The molecule has 0 saturated heterocycles. The number of aromatic nitrogens is 2. The third kappa shape index (κ3) is 3.44. The molecule has 1 aliphatic heterocycles. The van der Waals surface area contributed by atoms with Gasteiger partial charge in [-0.15, -0.1) is 6.58 Å². The van der Waals surface area contributed by atoms with Crippen molar-refractivity contribution in [2.75, 3.05) is 13.1 Å². The molecule has 0 fully saturated rings. The van der Waals surface area contributed by atoms with Gasteiger partial charge >= 0.3 is 6.03 Å². The second kappa shape index (κ2) is 7.38. The maximum Gasteiger partial charge on any atom is 0.317 e. The first kappa shape index (κ1) is 17.7. The second-order valence-corrected chi connectivity index (χ2v) is 6.00. The number of halogens is 1. The van der Waals surface area contributed by atoms with Gasteiger partial charge < -0.3 is 16.0 Å². The van der Waals surface area contributed by atoms with E-state index >= 15 is 0 Å². The van der Waals surface area contributed by atoms with Crippen LogP contribution in [0.5, 0.6) is 0 Å². The van der Waals surface area contributed by atoms with E-state index in [0.29, 0.717) is 43.0 Å². The van der Waals surface area contributed by atoms with E-state index in [-0.39, 0.29) is 18.1 Å². The summed E-state index contributed by atoms with van der Waals surface area (Å²) >= 11 is 0. The summed E-state index contributed by atoms with van der Waals surface area (Å²) in [5, 5.41) is 7.23. The first-order valence-corrected chi connectivity index (χ1v) is 8.30. The number of carbonyl (C=O) groups is 2. The van der Waals surface area contributed by atoms with Crippen LogP contribution >= 0.6 is 0 Å². The second-order valence-electron chi connectivity index (χ2n) is 6.00. The molecule has 3 N–H and O–H groups in total. The summed E-state index contributed by atoms with van der Waals surface area (Å²) in [6.07, 6.45) is 2.40. The maximum absolute atomic E-state index is 13.6. The Morgan fingerprint density at radius 1 is 1.38 bits per heavy atom. The SMILES string of the molecule is C=CCCNC(=O)N1CCn2nc(-c3cccc(F)c3)c(C(N)=O)c2C1. The minimum atomic E-state index is -0.653. The van der Waals surface area contributed by atoms with Gasteiger partial charge in [-0.25, -0.2) is 9.18 Å². The number of benzene rings is 1. The Morgan fingerprint density at radius 3 is 2.88 bits per heavy atom. The fourth-order valence-electron chi connectivity index (χ4n) is 2.98. The molecule has 136 valence electrons. The van der Waals surface area contributed by atoms with Crippen LogP contribution in [-0.4, -0.2) is 39.7 Å². The van der Waals surface area contributed by atoms with Gasteiger partial charge in [0.2, 0.25) is 0 Å². The van der Waals surface area contributed by atoms with Crippen molar-refractivity contribution in [1.82, 2.24) is 20.0 Å². The zero-order chi connectivity index (χ0) is 18.7. The van der Waals surface area contributed by atoms with Crippen LogP contribution in [0.15, 0.2) is 36.9 Å². The number of nitrogens with one attached hydrogen (secondary N) is 1. The number of rotatable bonds is 5. The molecule has 0 spiro atoms. The van der Waals surface area contributed by atoms with Crippen molar-refractivity contribution in [2.45, 2.75) is 19.5 Å². The zero-order valence-corrected chi connectivity index (χ0v) is 14.2. The molecular weight excluding hydrogens is 337 g/mol. The molecule has 26 heavy (non-hydrogen) atoms. The Hall–Kier alpha value is -3.16. The topological polar surface area (TPSA) is 93.2 Å². The lowest BCUT2D eigenvalue weighted by molar-refractivity contribution is 0.0997. The van der Waals surface area contributed by atoms with Crippen LogP contribution in [0.2, 0.25) is 0 Å². The summed E-state index contributed by atoms with van der Waals surface area (Å²) in [4.78, 5) is 25.9. The van der Waals surface area contributed by atoms with Crippen molar-refractivity contribution >= 4 is 11.9 Å². The molecule has 3 amide bonds. The molecule has 0 atom stereocenters. The summed E-state index contributed by atoms with van der Waals surface area (Å²) in [7, 11) is 0. The van der Waals surface area contributed by atoms with E-state index in [2.05, 4.69) is 17.0 Å². The molecule has 0 unspecified atom stereocenters. The highest BCUT2D eigenvalue weighted by Gasteiger charge is 2.29. The quantitative estimate of drug-likeness (QED) is 0.632. The summed E-state index contributed by atoms with van der Waals surface area (Å²) < 4.78 is 15.2. The van der Waals surface area contributed by atoms with E-state index in [0.717, 1.165) is 0 Å². The number of fused-ring (bicyclic) bond motifs is 1. The number of urea groups is 1. The Kier molecular flexibility index (Phi) is 5.01. The predicted molar refractivity (Wildman–Crippen MR) is 94.8 cm³/mol. The van der Waals surface area contributed by atoms with Crippen LogP contribution < -0.4 is 11.1 Å². The smallest absolute Gasteiger partial charge is 0.317 e. The number of carbonyl (C=O) groups excluding carboxylic acids is 2. The molecule has 7 nitrogen and oxygen atoms in total. The van der Waals surface area contributed by atoms with Gasteiger partial charge in [-0.2, -0.15) is 5.10 Å². The molecule has 2 aromatic rings. The average molecular weight is 357 g/mol. The van der Waals surface area contributed by atoms with E-state index in [1.165, 1.54) is 12.1 Å². The van der Waals surface area contributed by atoms with E-state index in [1.807, 2.05) is 0 Å². The molecule has 0 aliphatic carbocycles. The fraction of sp³-hybridized carbons (Fsp3) is 0.278. The molecule has 2 heterocycles. The number of nitrogens with two attached hydrogens (primary N) is 1. The first-order chi connectivity index (χ1) is 12.5. The number of amides is 3. The van der Waals surface area contributed by atoms with Crippen molar-refractivity contribution in [3.63, 3.8) is 0 Å². The average Bonchev–Trinajstić information content (AvgIpc) is 3.00. The van der Waals surface area contributed by atoms with Gasteiger partial charge in [0.15, 0.2) is 0 Å². The lowest BCUT2D eigenvalue weighted by atomic mass is 10.0. The van der Waals surface area contributed by atoms with Gasteiger partial charge in [0.1, 0.15) is 11.5 Å². The Bertz CT molecular complexity index is 861. The van der Waals surface area contributed by atoms with Crippen molar-refractivity contribution in [3.8, 4) is 11.3 Å². The lowest BCUT2D eigenvalue weighted by Gasteiger charge is -2.28. The predicted octanol–water partition coefficient (Wildman–Crippen LogP) is 1.89. The number of hydrogen-bond donors (Lipinski definition) is 2. The zero-order valence-electron chi connectivity index (χ0n) is 14.2. The number of hydrogen-bond acceptors (Lipinski definition) is 3. The third-order valence-corrected chi connectivity index (χ3v) is 4.24. The molecule has 0 radical (unpaired) electrons. The largest absolute Gasteiger partial charge is 0.365 e. The van der Waals surface area contributed by atoms with Gasteiger partial charge in [0.25, 0.3) is 5.91 Å². The Labute approximate surface area is 150 Å². The highest BCUT2D eigenvalue weighted by molar-refractivity contribution is 6.00. The molecule has 1 aromatic heterocycles. The molecular formula is C18H20FN5O2. The van der Waals surface area contributed by atoms with Crippen molar-refractivity contribution in [1.29, 1.82) is 0 Å². The summed E-state index contributed by atoms with van der Waals surface area (Å²) in [5.41, 5.74) is 7.15. The summed E-state index contributed by atoms with van der Waals surface area (Å²) in [5.74, 6) is -1.08. The van der Waals surface area contributed by atoms with Crippen LogP contribution in [0.1, 0.15) is 22.5 Å². The number of nitrogens with zero attached hydrogens (tertiary/aromatic N) is 3. The van der Waals surface area contributed by atoms with Crippen LogP contribution in [0.3, 0.4) is 0 Å². The van der Waals surface area contributed by atoms with Crippen LogP contribution in [-0.2, 0) is 13.1 Å². The van der Waals surface area contributed by atoms with Gasteiger partial charge in [0.05, 0.1) is 24.3 Å². The standard InChI is InChI=1S/C18H20FN5O2/c1-2-3-7-21-18(26)23-8-9-24-14(11-23)15(17(20)25)16(22-24)12-5-4-6-13(19)10-12/h2,4-6,10H,1,3,7-9,11H2,(H2,20,25)(H,21,26). The van der Waals surface area contributed by atoms with Crippen LogP contribution in [0, 0.1) is 5.82 Å². The molecule has 1 aromatic carbocycles. The maximum atomic E-state index is 13.6. The molecule has 0 saturated carbocycles. The molecule has 8 heteroatoms. The highest BCUT2D eigenvalue weighted by atomic mass is 19.1. The molecule has 0 bridgehead atoms. The van der Waals surface area contributed by atoms with E-state index < -0.39 is 11.7 Å². The summed E-state index contributed by atoms with van der Waals surface area (Å²) in [6, 6.07) is 5.62. The first-order valence-electron chi connectivity index (χ1n) is 8.30. The lowest BCUT2D eigenvalue weighted by Crippen LogP contribution is -2.44. The van der Waals surface area contributed by atoms with Crippen LogP contribution in [0.25, 0.3) is 11.3 Å². The minimum Gasteiger partial charge on any atom is -0.365 e. The fourth-order valence-corrected chi connectivity index (χ4v) is 2.98. The van der Waals surface area contributed by atoms with Crippen molar-refractivity contribution < 1.29 is 14.0 Å². The van der Waals surface area contributed by atoms with E-state index in [1.54, 1.807) is 27.8 Å². The monoisotopic (exact) mass is 357 g/mol. The van der Waals surface area contributed by atoms with E-state index in [4.69, 9.17) is 5.73 Å². The molecule has 3 rings (SSSR count). The third-order valence-electron chi connectivity index (χ3n) is 4.24. The highest BCUT2D eigenvalue weighted by Crippen LogP contribution is 2.28.